The van der Waals surface area contributed by atoms with E-state index in [9.17, 15) is 0 Å². The number of hydrogen-bond donors (Lipinski definition) is 1. The first-order valence-corrected chi connectivity index (χ1v) is 6.67. The number of likely N-dealkylation sites (tertiary alicyclic amines) is 1. The molecule has 0 aromatic heterocycles. The van der Waals surface area contributed by atoms with Gasteiger partial charge in [-0.3, -0.25) is 0 Å². The number of benzene rings is 1. The lowest BCUT2D eigenvalue weighted by Gasteiger charge is -2.22. The van der Waals surface area contributed by atoms with E-state index in [1.54, 1.807) is 0 Å². The van der Waals surface area contributed by atoms with Crippen molar-refractivity contribution < 1.29 is 0 Å². The SMILES string of the molecule is Cc1ccc(C(C)NCC2CCCN2C)cc1. The maximum absolute atomic E-state index is 3.65. The van der Waals surface area contributed by atoms with Crippen LogP contribution in [0.3, 0.4) is 0 Å². The summed E-state index contributed by atoms with van der Waals surface area (Å²) in [5.74, 6) is 0. The van der Waals surface area contributed by atoms with Crippen LogP contribution in [0, 0.1) is 6.92 Å². The summed E-state index contributed by atoms with van der Waals surface area (Å²) in [6.07, 6.45) is 2.69. The van der Waals surface area contributed by atoms with Gasteiger partial charge in [0.2, 0.25) is 0 Å². The van der Waals surface area contributed by atoms with E-state index in [0.717, 1.165) is 12.6 Å². The summed E-state index contributed by atoms with van der Waals surface area (Å²) < 4.78 is 0. The molecule has 0 aliphatic carbocycles. The highest BCUT2D eigenvalue weighted by molar-refractivity contribution is 5.23. The average Bonchev–Trinajstić information content (AvgIpc) is 2.73. The lowest BCUT2D eigenvalue weighted by molar-refractivity contribution is 0.293. The number of aryl methyl sites for hydroxylation is 1. The van der Waals surface area contributed by atoms with Crippen molar-refractivity contribution in [2.24, 2.45) is 0 Å². The highest BCUT2D eigenvalue weighted by Crippen LogP contribution is 2.17. The summed E-state index contributed by atoms with van der Waals surface area (Å²) in [7, 11) is 2.23. The molecule has 2 atom stereocenters. The third-order valence-electron chi connectivity index (χ3n) is 3.91. The van der Waals surface area contributed by atoms with Gasteiger partial charge in [-0.2, -0.15) is 0 Å². The number of rotatable bonds is 4. The molecule has 0 amide bonds. The Hall–Kier alpha value is -0.860. The Kier molecular flexibility index (Phi) is 4.19. The summed E-state index contributed by atoms with van der Waals surface area (Å²) in [6.45, 7) is 6.74. The van der Waals surface area contributed by atoms with Crippen LogP contribution in [0.1, 0.15) is 36.9 Å². The standard InChI is InChI=1S/C15H24N2/c1-12-6-8-14(9-7-12)13(2)16-11-15-5-4-10-17(15)3/h6-9,13,15-16H,4-5,10-11H2,1-3H3. The van der Waals surface area contributed by atoms with Crippen LogP contribution in [0.2, 0.25) is 0 Å². The molecule has 94 valence electrons. The summed E-state index contributed by atoms with van der Waals surface area (Å²) in [5.41, 5.74) is 2.72. The minimum absolute atomic E-state index is 0.449. The molecule has 2 nitrogen and oxygen atoms in total. The topological polar surface area (TPSA) is 15.3 Å². The fraction of sp³-hybridized carbons (Fsp3) is 0.600. The van der Waals surface area contributed by atoms with Crippen LogP contribution in [0.5, 0.6) is 0 Å². The smallest absolute Gasteiger partial charge is 0.0292 e. The Labute approximate surface area is 105 Å². The van der Waals surface area contributed by atoms with Crippen molar-refractivity contribution in [1.82, 2.24) is 10.2 Å². The van der Waals surface area contributed by atoms with Gasteiger partial charge in [0.05, 0.1) is 0 Å². The van der Waals surface area contributed by atoms with Gasteiger partial charge in [-0.1, -0.05) is 29.8 Å². The average molecular weight is 232 g/mol. The molecule has 1 aliphatic heterocycles. The summed E-state index contributed by atoms with van der Waals surface area (Å²) in [4.78, 5) is 2.47. The Bertz CT molecular complexity index is 344. The molecule has 0 saturated carbocycles. The zero-order chi connectivity index (χ0) is 12.3. The molecule has 1 aliphatic rings. The van der Waals surface area contributed by atoms with Crippen LogP contribution in [-0.2, 0) is 0 Å². The van der Waals surface area contributed by atoms with E-state index in [4.69, 9.17) is 0 Å². The molecule has 0 radical (unpaired) electrons. The predicted molar refractivity (Wildman–Crippen MR) is 73.2 cm³/mol. The minimum Gasteiger partial charge on any atom is -0.309 e. The van der Waals surface area contributed by atoms with Crippen molar-refractivity contribution in [3.63, 3.8) is 0 Å². The van der Waals surface area contributed by atoms with Crippen molar-refractivity contribution in [3.8, 4) is 0 Å². The second-order valence-electron chi connectivity index (χ2n) is 5.32. The molecule has 1 aromatic carbocycles. The first-order valence-electron chi connectivity index (χ1n) is 6.67. The van der Waals surface area contributed by atoms with E-state index >= 15 is 0 Å². The maximum atomic E-state index is 3.65. The molecule has 0 spiro atoms. The Morgan fingerprint density at radius 3 is 2.65 bits per heavy atom. The molecule has 0 bridgehead atoms. The first-order chi connectivity index (χ1) is 8.16. The van der Waals surface area contributed by atoms with Crippen molar-refractivity contribution in [2.45, 2.75) is 38.8 Å². The fourth-order valence-corrected chi connectivity index (χ4v) is 2.52. The van der Waals surface area contributed by atoms with Gasteiger partial charge in [0.15, 0.2) is 0 Å². The molecule has 1 saturated heterocycles. The minimum atomic E-state index is 0.449. The van der Waals surface area contributed by atoms with Crippen LogP contribution >= 0.6 is 0 Å². The first kappa shape index (κ1) is 12.6. The van der Waals surface area contributed by atoms with Crippen molar-refractivity contribution in [2.75, 3.05) is 20.1 Å². The molecule has 1 N–H and O–H groups in total. The molecule has 17 heavy (non-hydrogen) atoms. The zero-order valence-electron chi connectivity index (χ0n) is 11.2. The van der Waals surface area contributed by atoms with Crippen molar-refractivity contribution in [1.29, 1.82) is 0 Å². The maximum Gasteiger partial charge on any atom is 0.0292 e. The quantitative estimate of drug-likeness (QED) is 0.858. The van der Waals surface area contributed by atoms with Crippen molar-refractivity contribution in [3.05, 3.63) is 35.4 Å². The Morgan fingerprint density at radius 2 is 2.06 bits per heavy atom. The number of hydrogen-bond acceptors (Lipinski definition) is 2. The molecular weight excluding hydrogens is 208 g/mol. The van der Waals surface area contributed by atoms with E-state index in [0.29, 0.717) is 6.04 Å². The second kappa shape index (κ2) is 5.65. The Balaban J connectivity index is 1.84. The highest BCUT2D eigenvalue weighted by Gasteiger charge is 2.20. The van der Waals surface area contributed by atoms with Gasteiger partial charge in [-0.05, 0) is 45.8 Å². The summed E-state index contributed by atoms with van der Waals surface area (Å²) in [5, 5.41) is 3.65. The van der Waals surface area contributed by atoms with Gasteiger partial charge >= 0.3 is 0 Å². The highest BCUT2D eigenvalue weighted by atomic mass is 15.2. The molecule has 2 unspecified atom stereocenters. The van der Waals surface area contributed by atoms with Crippen LogP contribution in [0.15, 0.2) is 24.3 Å². The normalized spacial score (nSPS) is 22.9. The monoisotopic (exact) mass is 232 g/mol. The van der Waals surface area contributed by atoms with Crippen LogP contribution in [0.25, 0.3) is 0 Å². The van der Waals surface area contributed by atoms with Gasteiger partial charge < -0.3 is 10.2 Å². The van der Waals surface area contributed by atoms with E-state index < -0.39 is 0 Å². The van der Waals surface area contributed by atoms with Crippen LogP contribution in [-0.4, -0.2) is 31.1 Å². The lowest BCUT2D eigenvalue weighted by atomic mass is 10.1. The Morgan fingerprint density at radius 1 is 1.35 bits per heavy atom. The van der Waals surface area contributed by atoms with E-state index in [2.05, 4.69) is 55.4 Å². The molecule has 1 aromatic rings. The van der Waals surface area contributed by atoms with Crippen LogP contribution in [0.4, 0.5) is 0 Å². The van der Waals surface area contributed by atoms with E-state index in [-0.39, 0.29) is 0 Å². The van der Waals surface area contributed by atoms with Gasteiger partial charge in [0.25, 0.3) is 0 Å². The van der Waals surface area contributed by atoms with Crippen LogP contribution < -0.4 is 5.32 Å². The third kappa shape index (κ3) is 3.30. The number of nitrogens with one attached hydrogen (secondary N) is 1. The third-order valence-corrected chi connectivity index (χ3v) is 3.91. The van der Waals surface area contributed by atoms with Gasteiger partial charge in [0, 0.05) is 18.6 Å². The predicted octanol–water partition coefficient (Wildman–Crippen LogP) is 2.74. The second-order valence-corrected chi connectivity index (χ2v) is 5.32. The molecular formula is C15H24N2. The fourth-order valence-electron chi connectivity index (χ4n) is 2.52. The van der Waals surface area contributed by atoms with Crippen molar-refractivity contribution >= 4 is 0 Å². The van der Waals surface area contributed by atoms with E-state index in [1.165, 1.54) is 30.5 Å². The number of nitrogens with zero attached hydrogens (tertiary/aromatic N) is 1. The number of likely N-dealkylation sites (N-methyl/N-ethyl adjacent to an activating group) is 1. The van der Waals surface area contributed by atoms with Gasteiger partial charge in [-0.25, -0.2) is 0 Å². The van der Waals surface area contributed by atoms with Gasteiger partial charge in [0.1, 0.15) is 0 Å². The summed E-state index contributed by atoms with van der Waals surface area (Å²) >= 11 is 0. The molecule has 1 heterocycles. The van der Waals surface area contributed by atoms with Gasteiger partial charge in [-0.15, -0.1) is 0 Å². The molecule has 2 heteroatoms. The molecule has 1 fully saturated rings. The molecule has 2 rings (SSSR count). The zero-order valence-corrected chi connectivity index (χ0v) is 11.2. The lowest BCUT2D eigenvalue weighted by Crippen LogP contribution is -2.36. The largest absolute Gasteiger partial charge is 0.309 e. The van der Waals surface area contributed by atoms with E-state index in [1.807, 2.05) is 0 Å². The summed E-state index contributed by atoms with van der Waals surface area (Å²) in [6, 6.07) is 10.0.